The quantitative estimate of drug-likeness (QED) is 0.696. The summed E-state index contributed by atoms with van der Waals surface area (Å²) >= 11 is 0. The monoisotopic (exact) mass is 187 g/mol. The molecular weight excluding hydrogens is 180 g/mol. The molecule has 2 rings (SSSR count). The Morgan fingerprint density at radius 3 is 2.64 bits per heavy atom. The zero-order valence-electron chi connectivity index (χ0n) is 7.24. The van der Waals surface area contributed by atoms with E-state index < -0.39 is 6.04 Å². The van der Waals surface area contributed by atoms with Crippen molar-refractivity contribution in [3.8, 4) is 0 Å². The van der Waals surface area contributed by atoms with Crippen molar-refractivity contribution in [3.63, 3.8) is 0 Å². The highest BCUT2D eigenvalue weighted by Crippen LogP contribution is 2.09. The number of rotatable bonds is 3. The first-order valence-corrected chi connectivity index (χ1v) is 4.04. The van der Waals surface area contributed by atoms with Gasteiger partial charge in [-0.1, -0.05) is 0 Å². The second kappa shape index (κ2) is 3.78. The average Bonchev–Trinajstić information content (AvgIpc) is 2.74. The number of aromatic nitrogens is 4. The molecule has 0 aliphatic rings. The van der Waals surface area contributed by atoms with Crippen LogP contribution < -0.4 is 0 Å². The predicted molar refractivity (Wildman–Crippen MR) is 48.1 cm³/mol. The maximum atomic E-state index is 10.8. The van der Waals surface area contributed by atoms with E-state index in [4.69, 9.17) is 0 Å². The van der Waals surface area contributed by atoms with Crippen LogP contribution in [0.3, 0.4) is 0 Å². The van der Waals surface area contributed by atoms with E-state index in [1.807, 2.05) is 6.29 Å². The topological polar surface area (TPSA) is 60.7 Å². The fourth-order valence-corrected chi connectivity index (χ4v) is 1.12. The Bertz CT molecular complexity index is 398. The van der Waals surface area contributed by atoms with Crippen LogP contribution in [0.5, 0.6) is 0 Å². The van der Waals surface area contributed by atoms with Crippen molar-refractivity contribution in [2.45, 2.75) is 6.04 Å². The van der Waals surface area contributed by atoms with Gasteiger partial charge in [-0.15, -0.1) is 0 Å². The van der Waals surface area contributed by atoms with Crippen LogP contribution in [0.1, 0.15) is 11.9 Å². The maximum Gasteiger partial charge on any atom is 0.231 e. The van der Waals surface area contributed by atoms with Crippen molar-refractivity contribution in [1.29, 1.82) is 0 Å². The van der Waals surface area contributed by atoms with Crippen LogP contribution in [0.4, 0.5) is 0 Å². The Hall–Kier alpha value is -2.04. The molecule has 2 aromatic rings. The van der Waals surface area contributed by atoms with Gasteiger partial charge in [0.05, 0.1) is 6.33 Å². The minimum Gasteiger partial charge on any atom is -0.319 e. The molecule has 5 heteroatoms. The van der Waals surface area contributed by atoms with Gasteiger partial charge in [0, 0.05) is 24.8 Å². The molecule has 1 atom stereocenters. The van der Waals surface area contributed by atoms with Crippen molar-refractivity contribution >= 4 is 6.29 Å². The second-order valence-electron chi connectivity index (χ2n) is 2.64. The first-order chi connectivity index (χ1) is 6.92. The van der Waals surface area contributed by atoms with Gasteiger partial charge >= 0.3 is 0 Å². The van der Waals surface area contributed by atoms with Gasteiger partial charge in [0.25, 0.3) is 0 Å². The number of carbonyl (C=O) groups excluding carboxylic acids is 1. The lowest BCUT2D eigenvalue weighted by Crippen LogP contribution is -2.13. The lowest BCUT2D eigenvalue weighted by molar-refractivity contribution is 0.524. The Kier molecular flexibility index (Phi) is 2.31. The molecule has 1 unspecified atom stereocenters. The van der Waals surface area contributed by atoms with E-state index in [1.54, 1.807) is 35.4 Å². The first-order valence-electron chi connectivity index (χ1n) is 4.04. The summed E-state index contributed by atoms with van der Waals surface area (Å²) in [6, 6.07) is 1.08. The Morgan fingerprint density at radius 1 is 1.29 bits per heavy atom. The highest BCUT2D eigenvalue weighted by atomic mass is 16.1. The fourth-order valence-electron chi connectivity index (χ4n) is 1.12. The van der Waals surface area contributed by atoms with Crippen LogP contribution in [0.25, 0.3) is 0 Å². The largest absolute Gasteiger partial charge is 0.319 e. The van der Waals surface area contributed by atoms with Gasteiger partial charge in [0.15, 0.2) is 11.9 Å². The van der Waals surface area contributed by atoms with Gasteiger partial charge in [-0.2, -0.15) is 0 Å². The summed E-state index contributed by atoms with van der Waals surface area (Å²) in [4.78, 5) is 22.6. The van der Waals surface area contributed by atoms with Gasteiger partial charge < -0.3 is 4.57 Å². The summed E-state index contributed by atoms with van der Waals surface area (Å²) < 4.78 is 1.60. The molecule has 0 bridgehead atoms. The summed E-state index contributed by atoms with van der Waals surface area (Å²) in [5.74, 6) is 0.417. The molecule has 0 aromatic carbocycles. The number of hydrogen-bond donors (Lipinski definition) is 0. The Morgan fingerprint density at radius 2 is 2.07 bits per heavy atom. The van der Waals surface area contributed by atoms with Gasteiger partial charge in [-0.25, -0.2) is 15.0 Å². The minimum atomic E-state index is -0.612. The lowest BCUT2D eigenvalue weighted by Gasteiger charge is -2.07. The van der Waals surface area contributed by atoms with E-state index in [2.05, 4.69) is 15.0 Å². The number of nitrogens with zero attached hydrogens (tertiary/aromatic N) is 4. The Balaban J connectivity index is 2.36. The Labute approximate surface area is 80.5 Å². The molecule has 69 valence electrons. The molecule has 0 spiro atoms. The minimum absolute atomic E-state index is 0.417. The van der Waals surface area contributed by atoms with Gasteiger partial charge in [-0.05, 0) is 6.07 Å². The second-order valence-corrected chi connectivity index (χ2v) is 2.64. The molecule has 0 aliphatic heterocycles. The zero-order valence-corrected chi connectivity index (χ0v) is 7.24. The predicted octanol–water partition coefficient (Wildman–Crippen LogP) is 0.372. The van der Waals surface area contributed by atoms with Gasteiger partial charge in [0.1, 0.15) is 0 Å². The summed E-state index contributed by atoms with van der Waals surface area (Å²) in [6.07, 6.45) is 9.84. The van der Waals surface area contributed by atoms with E-state index >= 15 is 0 Å². The fraction of sp³-hybridized carbons (Fsp3) is 0.111. The molecule has 0 saturated carbocycles. The molecule has 0 saturated heterocycles. The number of hydrogen-bond acceptors (Lipinski definition) is 4. The van der Waals surface area contributed by atoms with Crippen LogP contribution in [-0.2, 0) is 4.79 Å². The third-order valence-electron chi connectivity index (χ3n) is 1.76. The standard InChI is InChI=1S/C9H7N4O/c14-6-8(13-5-4-10-7-13)9-11-2-1-3-12-9/h1-5,7-8H. The third kappa shape index (κ3) is 1.52. The van der Waals surface area contributed by atoms with Crippen molar-refractivity contribution in [1.82, 2.24) is 19.5 Å². The molecule has 0 fully saturated rings. The average molecular weight is 187 g/mol. The third-order valence-corrected chi connectivity index (χ3v) is 1.76. The SMILES string of the molecule is O=[C]C(c1ncccn1)n1ccnc1. The van der Waals surface area contributed by atoms with Crippen molar-refractivity contribution < 1.29 is 4.79 Å². The smallest absolute Gasteiger partial charge is 0.231 e. The highest BCUT2D eigenvalue weighted by Gasteiger charge is 2.14. The molecule has 2 aromatic heterocycles. The first kappa shape index (κ1) is 8.55. The molecule has 14 heavy (non-hydrogen) atoms. The van der Waals surface area contributed by atoms with Gasteiger partial charge in [0.2, 0.25) is 6.29 Å². The van der Waals surface area contributed by atoms with E-state index in [-0.39, 0.29) is 0 Å². The summed E-state index contributed by atoms with van der Waals surface area (Å²) in [7, 11) is 0. The van der Waals surface area contributed by atoms with E-state index in [0.29, 0.717) is 5.82 Å². The normalized spacial score (nSPS) is 12.3. The molecule has 2 heterocycles. The van der Waals surface area contributed by atoms with E-state index in [1.165, 1.54) is 6.33 Å². The van der Waals surface area contributed by atoms with Crippen LogP contribution in [0.15, 0.2) is 37.2 Å². The molecule has 5 nitrogen and oxygen atoms in total. The molecule has 0 aliphatic carbocycles. The van der Waals surface area contributed by atoms with Crippen LogP contribution in [0, 0.1) is 0 Å². The van der Waals surface area contributed by atoms with E-state index in [9.17, 15) is 4.79 Å². The summed E-state index contributed by atoms with van der Waals surface area (Å²) in [6.45, 7) is 0. The van der Waals surface area contributed by atoms with Crippen molar-refractivity contribution in [2.75, 3.05) is 0 Å². The zero-order chi connectivity index (χ0) is 9.80. The number of imidazole rings is 1. The van der Waals surface area contributed by atoms with Crippen LogP contribution in [-0.4, -0.2) is 25.8 Å². The van der Waals surface area contributed by atoms with Crippen molar-refractivity contribution in [3.05, 3.63) is 43.0 Å². The van der Waals surface area contributed by atoms with Crippen molar-refractivity contribution in [2.24, 2.45) is 0 Å². The summed E-state index contributed by atoms with van der Waals surface area (Å²) in [5.41, 5.74) is 0. The van der Waals surface area contributed by atoms with Gasteiger partial charge in [-0.3, -0.25) is 4.79 Å². The maximum absolute atomic E-state index is 10.8. The van der Waals surface area contributed by atoms with E-state index in [0.717, 1.165) is 0 Å². The molecular formula is C9H7N4O. The highest BCUT2D eigenvalue weighted by molar-refractivity contribution is 5.60. The summed E-state index contributed by atoms with van der Waals surface area (Å²) in [5, 5.41) is 0. The van der Waals surface area contributed by atoms with Crippen LogP contribution >= 0.6 is 0 Å². The molecule has 1 radical (unpaired) electrons. The lowest BCUT2D eigenvalue weighted by atomic mass is 10.3. The molecule has 0 N–H and O–H groups in total. The molecule has 0 amide bonds. The van der Waals surface area contributed by atoms with Crippen LogP contribution in [0.2, 0.25) is 0 Å².